The van der Waals surface area contributed by atoms with Crippen LogP contribution in [0.4, 0.5) is 0 Å². The van der Waals surface area contributed by atoms with Crippen LogP contribution < -0.4 is 0 Å². The molecule has 4 nitrogen and oxygen atoms in total. The van der Waals surface area contributed by atoms with Crippen molar-refractivity contribution in [1.82, 2.24) is 9.55 Å². The summed E-state index contributed by atoms with van der Waals surface area (Å²) in [5.74, 6) is -0.828. The first-order chi connectivity index (χ1) is 9.52. The Balaban J connectivity index is 2.47. The van der Waals surface area contributed by atoms with Crippen LogP contribution in [0.1, 0.15) is 18.2 Å². The predicted octanol–water partition coefficient (Wildman–Crippen LogP) is 3.68. The van der Waals surface area contributed by atoms with E-state index in [1.165, 1.54) is 11.8 Å². The van der Waals surface area contributed by atoms with Gasteiger partial charge in [-0.3, -0.25) is 9.36 Å². The number of imidazole rings is 1. The minimum atomic E-state index is -0.838. The summed E-state index contributed by atoms with van der Waals surface area (Å²) >= 11 is 4.70. The van der Waals surface area contributed by atoms with Crippen LogP contribution in [0.5, 0.6) is 0 Å². The molecule has 0 saturated carbocycles. The van der Waals surface area contributed by atoms with Gasteiger partial charge < -0.3 is 5.11 Å². The van der Waals surface area contributed by atoms with Gasteiger partial charge in [0.2, 0.25) is 0 Å². The average Bonchev–Trinajstić information content (AvgIpc) is 2.79. The van der Waals surface area contributed by atoms with Gasteiger partial charge in [-0.25, -0.2) is 4.98 Å². The van der Waals surface area contributed by atoms with Crippen LogP contribution in [0.3, 0.4) is 0 Å². The zero-order chi connectivity index (χ0) is 14.7. The van der Waals surface area contributed by atoms with Crippen LogP contribution in [0, 0.1) is 6.92 Å². The number of halogens is 1. The zero-order valence-corrected chi connectivity index (χ0v) is 13.7. The van der Waals surface area contributed by atoms with Gasteiger partial charge in [-0.1, -0.05) is 34.6 Å². The lowest BCUT2D eigenvalue weighted by molar-refractivity contribution is -0.133. The number of thioether (sulfide) groups is 1. The molecule has 106 valence electrons. The van der Waals surface area contributed by atoms with E-state index in [9.17, 15) is 4.79 Å². The second-order valence-corrected chi connectivity index (χ2v) is 6.19. The maximum atomic E-state index is 10.7. The molecule has 0 unspecified atom stereocenters. The predicted molar refractivity (Wildman–Crippen MR) is 83.7 cm³/mol. The Labute approximate surface area is 130 Å². The molecule has 1 N–H and O–H groups in total. The summed E-state index contributed by atoms with van der Waals surface area (Å²) in [5, 5.41) is 9.54. The summed E-state index contributed by atoms with van der Waals surface area (Å²) in [6.07, 6.45) is 2.65. The van der Waals surface area contributed by atoms with Crippen LogP contribution >= 0.6 is 27.7 Å². The zero-order valence-electron chi connectivity index (χ0n) is 11.3. The average molecular weight is 355 g/mol. The van der Waals surface area contributed by atoms with Gasteiger partial charge in [0, 0.05) is 16.4 Å². The highest BCUT2D eigenvalue weighted by Crippen LogP contribution is 2.27. The first-order valence-electron chi connectivity index (χ1n) is 6.20. The molecule has 0 atom stereocenters. The summed E-state index contributed by atoms with van der Waals surface area (Å²) in [4.78, 5) is 15.1. The molecular formula is C14H15BrN2O2S. The van der Waals surface area contributed by atoms with E-state index in [1.807, 2.05) is 35.9 Å². The van der Waals surface area contributed by atoms with Gasteiger partial charge in [0.1, 0.15) is 0 Å². The molecule has 0 amide bonds. The molecule has 0 aliphatic rings. The van der Waals surface area contributed by atoms with Gasteiger partial charge in [-0.2, -0.15) is 0 Å². The molecule has 0 fully saturated rings. The molecule has 2 rings (SSSR count). The SMILES string of the molecule is CCc1cnc(SCC(=O)O)n1-c1ccc(Br)cc1C. The van der Waals surface area contributed by atoms with Gasteiger partial charge in [0.05, 0.1) is 11.4 Å². The van der Waals surface area contributed by atoms with E-state index in [4.69, 9.17) is 5.11 Å². The largest absolute Gasteiger partial charge is 0.481 e. The van der Waals surface area contributed by atoms with E-state index < -0.39 is 5.97 Å². The molecule has 1 aromatic heterocycles. The Hall–Kier alpha value is -1.27. The molecule has 0 spiro atoms. The standard InChI is InChI=1S/C14H15BrN2O2S/c1-3-11-7-16-14(20-8-13(18)19)17(11)12-5-4-10(15)6-9(12)2/h4-7H,3,8H2,1-2H3,(H,18,19). The lowest BCUT2D eigenvalue weighted by atomic mass is 10.2. The number of aryl methyl sites for hydroxylation is 2. The van der Waals surface area contributed by atoms with Gasteiger partial charge in [0.25, 0.3) is 0 Å². The number of carbonyl (C=O) groups is 1. The van der Waals surface area contributed by atoms with Crippen molar-refractivity contribution in [2.24, 2.45) is 0 Å². The van der Waals surface area contributed by atoms with Crippen LogP contribution in [0.2, 0.25) is 0 Å². The van der Waals surface area contributed by atoms with Gasteiger partial charge in [-0.15, -0.1) is 0 Å². The Bertz CT molecular complexity index is 640. The molecule has 0 aliphatic heterocycles. The molecule has 1 heterocycles. The van der Waals surface area contributed by atoms with Crippen molar-refractivity contribution in [1.29, 1.82) is 0 Å². The molecule has 0 saturated heterocycles. The monoisotopic (exact) mass is 354 g/mol. The molecule has 6 heteroatoms. The smallest absolute Gasteiger partial charge is 0.313 e. The van der Waals surface area contributed by atoms with Crippen LogP contribution in [-0.2, 0) is 11.2 Å². The van der Waals surface area contributed by atoms with E-state index in [1.54, 1.807) is 0 Å². The van der Waals surface area contributed by atoms with Gasteiger partial charge in [-0.05, 0) is 37.1 Å². The van der Waals surface area contributed by atoms with Crippen LogP contribution in [0.15, 0.2) is 34.0 Å². The van der Waals surface area contributed by atoms with E-state index >= 15 is 0 Å². The number of rotatable bonds is 5. The van der Waals surface area contributed by atoms with E-state index in [0.29, 0.717) is 0 Å². The molecule has 2 aromatic rings. The van der Waals surface area contributed by atoms with Crippen molar-refractivity contribution in [2.45, 2.75) is 25.4 Å². The highest BCUT2D eigenvalue weighted by atomic mass is 79.9. The third-order valence-corrected chi connectivity index (χ3v) is 4.32. The molecule has 0 radical (unpaired) electrons. The Morgan fingerprint density at radius 1 is 1.50 bits per heavy atom. The summed E-state index contributed by atoms with van der Waals surface area (Å²) in [6.45, 7) is 4.10. The highest BCUT2D eigenvalue weighted by molar-refractivity contribution is 9.10. The minimum Gasteiger partial charge on any atom is -0.481 e. The molecular weight excluding hydrogens is 340 g/mol. The summed E-state index contributed by atoms with van der Waals surface area (Å²) < 4.78 is 3.06. The van der Waals surface area contributed by atoms with Gasteiger partial charge in [0.15, 0.2) is 5.16 Å². The normalized spacial score (nSPS) is 10.8. The fourth-order valence-corrected chi connectivity index (χ4v) is 3.17. The highest BCUT2D eigenvalue weighted by Gasteiger charge is 2.14. The summed E-state index contributed by atoms with van der Waals surface area (Å²) in [7, 11) is 0. The first kappa shape index (κ1) is 15.1. The van der Waals surface area contributed by atoms with Crippen molar-refractivity contribution >= 4 is 33.7 Å². The summed E-state index contributed by atoms with van der Waals surface area (Å²) in [6, 6.07) is 6.04. The van der Waals surface area contributed by atoms with E-state index in [0.717, 1.165) is 33.0 Å². The number of carboxylic acid groups (broad SMARTS) is 1. The maximum Gasteiger partial charge on any atom is 0.313 e. The van der Waals surface area contributed by atoms with Gasteiger partial charge >= 0.3 is 5.97 Å². The van der Waals surface area contributed by atoms with E-state index in [2.05, 4.69) is 27.8 Å². The number of carboxylic acids is 1. The second-order valence-electron chi connectivity index (χ2n) is 4.33. The number of hydrogen-bond donors (Lipinski definition) is 1. The number of hydrogen-bond acceptors (Lipinski definition) is 3. The topological polar surface area (TPSA) is 55.1 Å². The van der Waals surface area contributed by atoms with Crippen molar-refractivity contribution in [3.8, 4) is 5.69 Å². The second kappa shape index (κ2) is 6.45. The molecule has 20 heavy (non-hydrogen) atoms. The Morgan fingerprint density at radius 2 is 2.25 bits per heavy atom. The fourth-order valence-electron chi connectivity index (χ4n) is 1.97. The third-order valence-electron chi connectivity index (χ3n) is 2.89. The lowest BCUT2D eigenvalue weighted by Crippen LogP contribution is -2.05. The third kappa shape index (κ3) is 3.24. The quantitative estimate of drug-likeness (QED) is 0.832. The maximum absolute atomic E-state index is 10.7. The summed E-state index contributed by atoms with van der Waals surface area (Å²) in [5.41, 5.74) is 3.23. The number of aliphatic carboxylic acids is 1. The molecule has 0 aliphatic carbocycles. The molecule has 0 bridgehead atoms. The van der Waals surface area contributed by atoms with E-state index in [-0.39, 0.29) is 5.75 Å². The number of nitrogens with zero attached hydrogens (tertiary/aromatic N) is 2. The fraction of sp³-hybridized carbons (Fsp3) is 0.286. The molecule has 1 aromatic carbocycles. The first-order valence-corrected chi connectivity index (χ1v) is 7.98. The number of aromatic nitrogens is 2. The van der Waals surface area contributed by atoms with Crippen molar-refractivity contribution in [3.63, 3.8) is 0 Å². The van der Waals surface area contributed by atoms with Crippen molar-refractivity contribution < 1.29 is 9.90 Å². The number of benzene rings is 1. The minimum absolute atomic E-state index is 0.00967. The Kier molecular flexibility index (Phi) is 4.88. The lowest BCUT2D eigenvalue weighted by Gasteiger charge is -2.13. The van der Waals surface area contributed by atoms with Crippen molar-refractivity contribution in [2.75, 3.05) is 5.75 Å². The van der Waals surface area contributed by atoms with Crippen molar-refractivity contribution in [3.05, 3.63) is 40.1 Å². The Morgan fingerprint density at radius 3 is 2.85 bits per heavy atom. The van der Waals surface area contributed by atoms with Crippen LogP contribution in [0.25, 0.3) is 5.69 Å². The van der Waals surface area contributed by atoms with Crippen LogP contribution in [-0.4, -0.2) is 26.4 Å².